The van der Waals surface area contributed by atoms with Crippen LogP contribution in [0.15, 0.2) is 18.2 Å². The molecule has 0 bridgehead atoms. The quantitative estimate of drug-likeness (QED) is 0.867. The fourth-order valence-electron chi connectivity index (χ4n) is 2.49. The van der Waals surface area contributed by atoms with Gasteiger partial charge in [0.05, 0.1) is 6.54 Å². The first-order valence-corrected chi connectivity index (χ1v) is 6.80. The molecular weight excluding hydrogens is 238 g/mol. The summed E-state index contributed by atoms with van der Waals surface area (Å²) in [5.74, 6) is 0.503. The van der Waals surface area contributed by atoms with Gasteiger partial charge in [0.15, 0.2) is 0 Å². The minimum atomic E-state index is 0.0370. The van der Waals surface area contributed by atoms with E-state index in [2.05, 4.69) is 17.1 Å². The molecule has 0 aliphatic carbocycles. The predicted octanol–water partition coefficient (Wildman–Crippen LogP) is 1.52. The zero-order valence-corrected chi connectivity index (χ0v) is 11.9. The number of nitrogens with zero attached hydrogens (tertiary/aromatic N) is 1. The lowest BCUT2D eigenvalue weighted by molar-refractivity contribution is -0.117. The van der Waals surface area contributed by atoms with Gasteiger partial charge in [0, 0.05) is 24.8 Å². The Labute approximate surface area is 115 Å². The molecule has 0 radical (unpaired) electrons. The van der Waals surface area contributed by atoms with Gasteiger partial charge >= 0.3 is 0 Å². The molecule has 3 N–H and O–H groups in total. The molecule has 0 saturated carbocycles. The van der Waals surface area contributed by atoms with Crippen LogP contribution in [-0.4, -0.2) is 36.5 Å². The summed E-state index contributed by atoms with van der Waals surface area (Å²) in [5, 5.41) is 2.99. The van der Waals surface area contributed by atoms with Crippen molar-refractivity contribution in [3.63, 3.8) is 0 Å². The van der Waals surface area contributed by atoms with Crippen LogP contribution in [0.2, 0.25) is 0 Å². The van der Waals surface area contributed by atoms with E-state index in [4.69, 9.17) is 5.73 Å². The number of likely N-dealkylation sites (tertiary alicyclic amines) is 1. The average molecular weight is 261 g/mol. The number of hydrogen-bond acceptors (Lipinski definition) is 3. The van der Waals surface area contributed by atoms with Crippen LogP contribution in [0.25, 0.3) is 0 Å². The largest absolute Gasteiger partial charge is 0.326 e. The Morgan fingerprint density at radius 3 is 2.79 bits per heavy atom. The van der Waals surface area contributed by atoms with E-state index in [1.165, 1.54) is 0 Å². The smallest absolute Gasteiger partial charge is 0.238 e. The van der Waals surface area contributed by atoms with E-state index in [1.54, 1.807) is 0 Å². The second-order valence-corrected chi connectivity index (χ2v) is 5.70. The van der Waals surface area contributed by atoms with Crippen LogP contribution >= 0.6 is 0 Å². The maximum Gasteiger partial charge on any atom is 0.238 e. The molecule has 4 heteroatoms. The van der Waals surface area contributed by atoms with Gasteiger partial charge in [-0.3, -0.25) is 9.69 Å². The fourth-order valence-corrected chi connectivity index (χ4v) is 2.49. The number of carbonyl (C=O) groups is 1. The molecule has 1 saturated heterocycles. The highest BCUT2D eigenvalue weighted by Gasteiger charge is 2.27. The van der Waals surface area contributed by atoms with Gasteiger partial charge in [-0.1, -0.05) is 19.1 Å². The first-order chi connectivity index (χ1) is 8.95. The molecule has 2 rings (SSSR count). The molecule has 0 spiro atoms. The van der Waals surface area contributed by atoms with Gasteiger partial charge in [0.25, 0.3) is 0 Å². The van der Waals surface area contributed by atoms with Gasteiger partial charge < -0.3 is 11.1 Å². The van der Waals surface area contributed by atoms with Gasteiger partial charge in [0.1, 0.15) is 0 Å². The van der Waals surface area contributed by atoms with Crippen LogP contribution < -0.4 is 11.1 Å². The van der Waals surface area contributed by atoms with E-state index in [9.17, 15) is 4.79 Å². The molecule has 1 amide bonds. The van der Waals surface area contributed by atoms with Crippen molar-refractivity contribution >= 4 is 11.6 Å². The molecule has 1 aromatic carbocycles. The number of benzene rings is 1. The third-order valence-corrected chi connectivity index (χ3v) is 3.78. The maximum absolute atomic E-state index is 12.1. The van der Waals surface area contributed by atoms with Gasteiger partial charge in [-0.2, -0.15) is 0 Å². The number of anilines is 1. The van der Waals surface area contributed by atoms with Gasteiger partial charge in [-0.05, 0) is 37.0 Å². The standard InChI is InChI=1S/C15H23N3O/c1-10-4-5-11(2)14(6-10)17-15(19)9-18-7-12(3)13(16)8-18/h4-6,12-13H,7-9,16H2,1-3H3,(H,17,19). The highest BCUT2D eigenvalue weighted by molar-refractivity contribution is 5.93. The molecule has 1 fully saturated rings. The molecule has 1 aliphatic rings. The molecule has 2 unspecified atom stereocenters. The third-order valence-electron chi connectivity index (χ3n) is 3.78. The zero-order chi connectivity index (χ0) is 14.0. The fraction of sp³-hybridized carbons (Fsp3) is 0.533. The summed E-state index contributed by atoms with van der Waals surface area (Å²) in [4.78, 5) is 14.2. The summed E-state index contributed by atoms with van der Waals surface area (Å²) < 4.78 is 0. The normalized spacial score (nSPS) is 23.6. The number of nitrogens with two attached hydrogens (primary N) is 1. The lowest BCUT2D eigenvalue weighted by Crippen LogP contribution is -2.33. The molecule has 104 valence electrons. The zero-order valence-electron chi connectivity index (χ0n) is 11.9. The number of carbonyl (C=O) groups excluding carboxylic acids is 1. The van der Waals surface area contributed by atoms with E-state index in [1.807, 2.05) is 32.0 Å². The van der Waals surface area contributed by atoms with E-state index in [-0.39, 0.29) is 11.9 Å². The SMILES string of the molecule is Cc1ccc(C)c(NC(=O)CN2CC(C)C(N)C2)c1. The van der Waals surface area contributed by atoms with E-state index < -0.39 is 0 Å². The van der Waals surface area contributed by atoms with Crippen LogP contribution in [0.5, 0.6) is 0 Å². The van der Waals surface area contributed by atoms with Gasteiger partial charge in [-0.25, -0.2) is 0 Å². The second-order valence-electron chi connectivity index (χ2n) is 5.70. The Kier molecular flexibility index (Phi) is 4.22. The maximum atomic E-state index is 12.1. The minimum absolute atomic E-state index is 0.0370. The number of rotatable bonds is 3. The van der Waals surface area contributed by atoms with Crippen molar-refractivity contribution in [1.82, 2.24) is 4.90 Å². The predicted molar refractivity (Wildman–Crippen MR) is 78.1 cm³/mol. The lowest BCUT2D eigenvalue weighted by Gasteiger charge is -2.16. The summed E-state index contributed by atoms with van der Waals surface area (Å²) in [6.07, 6.45) is 0. The second kappa shape index (κ2) is 5.72. The Morgan fingerprint density at radius 1 is 1.42 bits per heavy atom. The lowest BCUT2D eigenvalue weighted by atomic mass is 10.1. The Hall–Kier alpha value is -1.39. The van der Waals surface area contributed by atoms with Crippen molar-refractivity contribution in [3.05, 3.63) is 29.3 Å². The third kappa shape index (κ3) is 3.55. The van der Waals surface area contributed by atoms with Crippen LogP contribution in [0.1, 0.15) is 18.1 Å². The molecular formula is C15H23N3O. The first kappa shape index (κ1) is 14.0. The molecule has 0 aromatic heterocycles. The van der Waals surface area contributed by atoms with Gasteiger partial charge in [-0.15, -0.1) is 0 Å². The number of amides is 1. The van der Waals surface area contributed by atoms with Crippen molar-refractivity contribution < 1.29 is 4.79 Å². The van der Waals surface area contributed by atoms with Crippen molar-refractivity contribution in [2.45, 2.75) is 26.8 Å². The van der Waals surface area contributed by atoms with Crippen LogP contribution in [0.4, 0.5) is 5.69 Å². The Balaban J connectivity index is 1.93. The Bertz CT molecular complexity index is 462. The Morgan fingerprint density at radius 2 is 2.16 bits per heavy atom. The monoisotopic (exact) mass is 261 g/mol. The summed E-state index contributed by atoms with van der Waals surface area (Å²) in [5.41, 5.74) is 9.11. The van der Waals surface area contributed by atoms with Crippen LogP contribution in [-0.2, 0) is 4.79 Å². The van der Waals surface area contributed by atoms with Crippen molar-refractivity contribution in [2.75, 3.05) is 25.0 Å². The van der Waals surface area contributed by atoms with E-state index >= 15 is 0 Å². The molecule has 4 nitrogen and oxygen atoms in total. The van der Waals surface area contributed by atoms with Gasteiger partial charge in [0.2, 0.25) is 5.91 Å². The highest BCUT2D eigenvalue weighted by atomic mass is 16.2. The van der Waals surface area contributed by atoms with E-state index in [0.29, 0.717) is 12.5 Å². The molecule has 1 aliphatic heterocycles. The van der Waals surface area contributed by atoms with Crippen molar-refractivity contribution in [2.24, 2.45) is 11.7 Å². The average Bonchev–Trinajstić information content (AvgIpc) is 2.63. The highest BCUT2D eigenvalue weighted by Crippen LogP contribution is 2.17. The first-order valence-electron chi connectivity index (χ1n) is 6.80. The summed E-state index contributed by atoms with van der Waals surface area (Å²) >= 11 is 0. The van der Waals surface area contributed by atoms with Crippen molar-refractivity contribution in [3.8, 4) is 0 Å². The van der Waals surface area contributed by atoms with Crippen LogP contribution in [0, 0.1) is 19.8 Å². The van der Waals surface area contributed by atoms with Crippen LogP contribution in [0.3, 0.4) is 0 Å². The summed E-state index contributed by atoms with van der Waals surface area (Å²) in [6.45, 7) is 8.29. The minimum Gasteiger partial charge on any atom is -0.326 e. The number of hydrogen-bond donors (Lipinski definition) is 2. The summed E-state index contributed by atoms with van der Waals surface area (Å²) in [7, 11) is 0. The molecule has 2 atom stereocenters. The van der Waals surface area contributed by atoms with E-state index in [0.717, 1.165) is 29.9 Å². The number of aryl methyl sites for hydroxylation is 2. The molecule has 1 aromatic rings. The molecule has 19 heavy (non-hydrogen) atoms. The number of nitrogens with one attached hydrogen (secondary N) is 1. The summed E-state index contributed by atoms with van der Waals surface area (Å²) in [6, 6.07) is 6.27. The topological polar surface area (TPSA) is 58.4 Å². The van der Waals surface area contributed by atoms with Crippen molar-refractivity contribution in [1.29, 1.82) is 0 Å². The molecule has 1 heterocycles.